The smallest absolute Gasteiger partial charge is 0.230 e. The molecule has 18 heavy (non-hydrogen) atoms. The van der Waals surface area contributed by atoms with Crippen molar-refractivity contribution in [3.05, 3.63) is 48.5 Å². The van der Waals surface area contributed by atoms with Crippen molar-refractivity contribution in [3.63, 3.8) is 0 Å². The van der Waals surface area contributed by atoms with E-state index in [2.05, 4.69) is 9.97 Å². The van der Waals surface area contributed by atoms with Crippen LogP contribution in [0.1, 0.15) is 6.42 Å². The standard InChI is InChI=1S/C13H15FN4/c14-11-9-16-13(17-10-11)18(8-4-7-15)12-5-2-1-3-6-12/h1-3,5-6,9-10H,4,7-8,15H2. The largest absolute Gasteiger partial charge is 0.330 e. The Kier molecular flexibility index (Phi) is 4.20. The Hall–Kier alpha value is -2.01. The van der Waals surface area contributed by atoms with Crippen LogP contribution in [-0.4, -0.2) is 23.1 Å². The van der Waals surface area contributed by atoms with Crippen LogP contribution in [0.4, 0.5) is 16.0 Å². The van der Waals surface area contributed by atoms with Crippen molar-refractivity contribution in [1.82, 2.24) is 9.97 Å². The van der Waals surface area contributed by atoms with Gasteiger partial charge >= 0.3 is 0 Å². The average molecular weight is 246 g/mol. The second-order valence-electron chi connectivity index (χ2n) is 3.83. The van der Waals surface area contributed by atoms with Crippen molar-refractivity contribution >= 4 is 11.6 Å². The summed E-state index contributed by atoms with van der Waals surface area (Å²) < 4.78 is 12.8. The first kappa shape index (κ1) is 12.4. The Morgan fingerprint density at radius 1 is 1.11 bits per heavy atom. The van der Waals surface area contributed by atoms with Crippen molar-refractivity contribution in [3.8, 4) is 0 Å². The lowest BCUT2D eigenvalue weighted by atomic mass is 10.3. The molecule has 1 heterocycles. The third-order valence-corrected chi connectivity index (χ3v) is 2.50. The first-order chi connectivity index (χ1) is 8.81. The highest BCUT2D eigenvalue weighted by Gasteiger charge is 2.11. The molecule has 0 aliphatic heterocycles. The number of hydrogen-bond acceptors (Lipinski definition) is 4. The molecule has 0 aliphatic rings. The zero-order chi connectivity index (χ0) is 12.8. The van der Waals surface area contributed by atoms with Gasteiger partial charge in [0.15, 0.2) is 5.82 Å². The summed E-state index contributed by atoms with van der Waals surface area (Å²) in [5.41, 5.74) is 6.50. The van der Waals surface area contributed by atoms with Gasteiger partial charge in [0.05, 0.1) is 12.4 Å². The van der Waals surface area contributed by atoms with Gasteiger partial charge in [-0.3, -0.25) is 0 Å². The Bertz CT molecular complexity index is 472. The van der Waals surface area contributed by atoms with Crippen LogP contribution < -0.4 is 10.6 Å². The Labute approximate surface area is 105 Å². The normalized spacial score (nSPS) is 10.3. The molecule has 94 valence electrons. The van der Waals surface area contributed by atoms with Gasteiger partial charge in [0.25, 0.3) is 0 Å². The monoisotopic (exact) mass is 246 g/mol. The van der Waals surface area contributed by atoms with E-state index in [0.717, 1.165) is 12.1 Å². The molecule has 0 amide bonds. The number of aromatic nitrogens is 2. The lowest BCUT2D eigenvalue weighted by Gasteiger charge is -2.22. The Morgan fingerprint density at radius 2 is 1.78 bits per heavy atom. The molecule has 1 aromatic carbocycles. The van der Waals surface area contributed by atoms with E-state index in [1.165, 1.54) is 12.4 Å². The van der Waals surface area contributed by atoms with Crippen molar-refractivity contribution in [1.29, 1.82) is 0 Å². The van der Waals surface area contributed by atoms with E-state index in [1.807, 2.05) is 35.2 Å². The van der Waals surface area contributed by atoms with Gasteiger partial charge in [0.1, 0.15) is 0 Å². The predicted octanol–water partition coefficient (Wildman–Crippen LogP) is 2.10. The van der Waals surface area contributed by atoms with Crippen LogP contribution in [0.5, 0.6) is 0 Å². The van der Waals surface area contributed by atoms with Gasteiger partial charge in [0.2, 0.25) is 5.95 Å². The SMILES string of the molecule is NCCCN(c1ccccc1)c1ncc(F)cn1. The fourth-order valence-electron chi connectivity index (χ4n) is 1.65. The van der Waals surface area contributed by atoms with E-state index in [4.69, 9.17) is 5.73 Å². The molecule has 2 N–H and O–H groups in total. The number of para-hydroxylation sites is 1. The van der Waals surface area contributed by atoms with Crippen molar-refractivity contribution in [2.45, 2.75) is 6.42 Å². The summed E-state index contributed by atoms with van der Waals surface area (Å²) in [6, 6.07) is 9.74. The molecule has 0 saturated heterocycles. The highest BCUT2D eigenvalue weighted by Crippen LogP contribution is 2.21. The molecule has 4 nitrogen and oxygen atoms in total. The fourth-order valence-corrected chi connectivity index (χ4v) is 1.65. The number of anilines is 2. The number of nitrogens with two attached hydrogens (primary N) is 1. The fraction of sp³-hybridized carbons (Fsp3) is 0.231. The molecule has 0 saturated carbocycles. The number of hydrogen-bond donors (Lipinski definition) is 1. The molecule has 0 aliphatic carbocycles. The summed E-state index contributed by atoms with van der Waals surface area (Å²) in [6.45, 7) is 1.29. The average Bonchev–Trinajstić information content (AvgIpc) is 2.42. The third-order valence-electron chi connectivity index (χ3n) is 2.50. The summed E-state index contributed by atoms with van der Waals surface area (Å²) in [5, 5.41) is 0. The highest BCUT2D eigenvalue weighted by molar-refractivity contribution is 5.56. The van der Waals surface area contributed by atoms with E-state index >= 15 is 0 Å². The number of rotatable bonds is 5. The zero-order valence-electron chi connectivity index (χ0n) is 9.96. The number of halogens is 1. The van der Waals surface area contributed by atoms with E-state index in [1.54, 1.807) is 0 Å². The topological polar surface area (TPSA) is 55.0 Å². The van der Waals surface area contributed by atoms with Gasteiger partial charge in [-0.1, -0.05) is 18.2 Å². The Morgan fingerprint density at radius 3 is 2.39 bits per heavy atom. The first-order valence-electron chi connectivity index (χ1n) is 5.81. The molecule has 0 atom stereocenters. The molecule has 5 heteroatoms. The second kappa shape index (κ2) is 6.07. The molecule has 0 unspecified atom stereocenters. The van der Waals surface area contributed by atoms with Gasteiger partial charge in [-0.2, -0.15) is 0 Å². The van der Waals surface area contributed by atoms with Gasteiger partial charge in [-0.15, -0.1) is 0 Å². The number of nitrogens with zero attached hydrogens (tertiary/aromatic N) is 3. The summed E-state index contributed by atoms with van der Waals surface area (Å²) in [5.74, 6) is 0.0432. The zero-order valence-corrected chi connectivity index (χ0v) is 9.96. The third kappa shape index (κ3) is 3.01. The lowest BCUT2D eigenvalue weighted by molar-refractivity contribution is 0.612. The van der Waals surface area contributed by atoms with Gasteiger partial charge in [0, 0.05) is 12.2 Å². The van der Waals surface area contributed by atoms with Crippen molar-refractivity contribution in [2.75, 3.05) is 18.0 Å². The van der Waals surface area contributed by atoms with Crippen molar-refractivity contribution < 1.29 is 4.39 Å². The van der Waals surface area contributed by atoms with Crippen molar-refractivity contribution in [2.24, 2.45) is 5.73 Å². The molecule has 2 rings (SSSR count). The number of benzene rings is 1. The quantitative estimate of drug-likeness (QED) is 0.877. The molecule has 0 bridgehead atoms. The minimum Gasteiger partial charge on any atom is -0.330 e. The summed E-state index contributed by atoms with van der Waals surface area (Å²) in [7, 11) is 0. The lowest BCUT2D eigenvalue weighted by Crippen LogP contribution is -2.22. The van der Waals surface area contributed by atoms with Crippen LogP contribution in [0.3, 0.4) is 0 Å². The van der Waals surface area contributed by atoms with E-state index in [0.29, 0.717) is 19.0 Å². The second-order valence-corrected chi connectivity index (χ2v) is 3.83. The highest BCUT2D eigenvalue weighted by atomic mass is 19.1. The maximum Gasteiger partial charge on any atom is 0.230 e. The summed E-state index contributed by atoms with van der Waals surface area (Å²) in [4.78, 5) is 9.94. The molecular weight excluding hydrogens is 231 g/mol. The molecule has 0 fully saturated rings. The minimum absolute atomic E-state index is 0.439. The van der Waals surface area contributed by atoms with E-state index in [9.17, 15) is 4.39 Å². The molecular formula is C13H15FN4. The Balaban J connectivity index is 2.27. The maximum atomic E-state index is 12.8. The summed E-state index contributed by atoms with van der Waals surface area (Å²) in [6.07, 6.45) is 3.15. The van der Waals surface area contributed by atoms with Gasteiger partial charge in [-0.25, -0.2) is 14.4 Å². The van der Waals surface area contributed by atoms with Crippen LogP contribution in [0.15, 0.2) is 42.7 Å². The molecule has 0 radical (unpaired) electrons. The predicted molar refractivity (Wildman–Crippen MR) is 69.1 cm³/mol. The van der Waals surface area contributed by atoms with E-state index < -0.39 is 5.82 Å². The van der Waals surface area contributed by atoms with Gasteiger partial charge in [-0.05, 0) is 25.1 Å². The van der Waals surface area contributed by atoms with Crippen LogP contribution >= 0.6 is 0 Å². The van der Waals surface area contributed by atoms with Gasteiger partial charge < -0.3 is 10.6 Å². The van der Waals surface area contributed by atoms with Crippen LogP contribution in [0, 0.1) is 5.82 Å². The van der Waals surface area contributed by atoms with Crippen LogP contribution in [0.2, 0.25) is 0 Å². The molecule has 1 aromatic heterocycles. The first-order valence-corrected chi connectivity index (χ1v) is 5.81. The maximum absolute atomic E-state index is 12.8. The minimum atomic E-state index is -0.439. The van der Waals surface area contributed by atoms with E-state index in [-0.39, 0.29) is 0 Å². The van der Waals surface area contributed by atoms with Crippen LogP contribution in [0.25, 0.3) is 0 Å². The summed E-state index contributed by atoms with van der Waals surface area (Å²) >= 11 is 0. The van der Waals surface area contributed by atoms with Crippen LogP contribution in [-0.2, 0) is 0 Å². The molecule has 0 spiro atoms. The molecule has 2 aromatic rings.